The molecule has 1 amide bonds. The van der Waals surface area contributed by atoms with Gasteiger partial charge in [-0.05, 0) is 37.7 Å². The summed E-state index contributed by atoms with van der Waals surface area (Å²) in [4.78, 5) is 12.3. The quantitative estimate of drug-likeness (QED) is 0.895. The molecule has 0 aromatic carbocycles. The summed E-state index contributed by atoms with van der Waals surface area (Å²) in [6, 6.07) is 1.65. The van der Waals surface area contributed by atoms with Crippen LogP contribution in [0, 0.1) is 5.92 Å². The first kappa shape index (κ1) is 14.4. The van der Waals surface area contributed by atoms with Crippen LogP contribution in [0.15, 0.2) is 12.3 Å². The number of nitrogens with zero attached hydrogens (tertiary/aromatic N) is 1. The van der Waals surface area contributed by atoms with Gasteiger partial charge in [-0.25, -0.2) is 0 Å². The fourth-order valence-corrected chi connectivity index (χ4v) is 2.94. The Morgan fingerprint density at radius 2 is 2.21 bits per heavy atom. The second-order valence-corrected chi connectivity index (χ2v) is 6.17. The zero-order chi connectivity index (χ0) is 14.0. The third kappa shape index (κ3) is 3.12. The maximum Gasteiger partial charge on any atom is 0.268 e. The molecule has 0 saturated heterocycles. The molecule has 1 aromatic rings. The summed E-state index contributed by atoms with van der Waals surface area (Å²) in [5, 5.41) is 13.2. The molecule has 1 fully saturated rings. The van der Waals surface area contributed by atoms with Gasteiger partial charge in [-0.2, -0.15) is 0 Å². The van der Waals surface area contributed by atoms with Crippen LogP contribution in [-0.2, 0) is 7.05 Å². The second-order valence-electron chi connectivity index (χ2n) is 5.73. The molecule has 1 aromatic heterocycles. The zero-order valence-electron chi connectivity index (χ0n) is 11.4. The lowest BCUT2D eigenvalue weighted by molar-refractivity contribution is 0.0710. The minimum Gasteiger partial charge on any atom is -0.394 e. The summed E-state index contributed by atoms with van der Waals surface area (Å²) in [6.07, 6.45) is 5.43. The number of aromatic nitrogens is 1. The molecule has 1 aliphatic carbocycles. The van der Waals surface area contributed by atoms with E-state index in [-0.39, 0.29) is 12.5 Å². The fraction of sp³-hybridized carbons (Fsp3) is 0.643. The van der Waals surface area contributed by atoms with E-state index in [1.807, 2.05) is 0 Å². The Morgan fingerprint density at radius 1 is 1.58 bits per heavy atom. The van der Waals surface area contributed by atoms with Gasteiger partial charge in [-0.3, -0.25) is 4.79 Å². The first-order chi connectivity index (χ1) is 8.96. The van der Waals surface area contributed by atoms with Gasteiger partial charge in [-0.15, -0.1) is 0 Å². The minimum atomic E-state index is -0.472. The van der Waals surface area contributed by atoms with Gasteiger partial charge in [0, 0.05) is 13.2 Å². The predicted octanol–water partition coefficient (Wildman–Crippen LogP) is 2.35. The van der Waals surface area contributed by atoms with Crippen molar-refractivity contribution in [3.8, 4) is 0 Å². The molecular weight excluding hydrogens is 264 g/mol. The molecule has 0 radical (unpaired) electrons. The van der Waals surface area contributed by atoms with Gasteiger partial charge in [0.1, 0.15) is 5.69 Å². The lowest BCUT2D eigenvalue weighted by atomic mass is 9.77. The number of amides is 1. The van der Waals surface area contributed by atoms with Crippen LogP contribution in [0.3, 0.4) is 0 Å². The van der Waals surface area contributed by atoms with Crippen molar-refractivity contribution < 1.29 is 9.90 Å². The highest BCUT2D eigenvalue weighted by atomic mass is 35.5. The normalized spacial score (nSPS) is 27.3. The summed E-state index contributed by atoms with van der Waals surface area (Å²) in [6.45, 7) is 2.20. The van der Waals surface area contributed by atoms with Crippen LogP contribution in [0.4, 0.5) is 0 Å². The van der Waals surface area contributed by atoms with E-state index >= 15 is 0 Å². The molecule has 0 atom stereocenters. The Kier molecular flexibility index (Phi) is 4.21. The molecule has 1 aliphatic rings. The largest absolute Gasteiger partial charge is 0.394 e. The van der Waals surface area contributed by atoms with E-state index in [1.165, 1.54) is 0 Å². The van der Waals surface area contributed by atoms with Gasteiger partial charge in [0.05, 0.1) is 17.2 Å². The maximum atomic E-state index is 12.3. The lowest BCUT2D eigenvalue weighted by Gasteiger charge is -2.38. The van der Waals surface area contributed by atoms with Gasteiger partial charge in [-0.1, -0.05) is 18.5 Å². The lowest BCUT2D eigenvalue weighted by Crippen LogP contribution is -2.53. The second kappa shape index (κ2) is 5.55. The molecule has 4 nitrogen and oxygen atoms in total. The van der Waals surface area contributed by atoms with E-state index < -0.39 is 5.54 Å². The Balaban J connectivity index is 2.10. The molecule has 0 unspecified atom stereocenters. The Labute approximate surface area is 118 Å². The number of rotatable bonds is 3. The van der Waals surface area contributed by atoms with Gasteiger partial charge in [0.15, 0.2) is 0 Å². The average molecular weight is 285 g/mol. The third-order valence-corrected chi connectivity index (χ3v) is 4.32. The van der Waals surface area contributed by atoms with Crippen molar-refractivity contribution in [3.63, 3.8) is 0 Å². The fourth-order valence-electron chi connectivity index (χ4n) is 2.69. The number of halogens is 1. The molecule has 1 saturated carbocycles. The number of aliphatic hydroxyl groups excluding tert-OH is 1. The minimum absolute atomic E-state index is 0.0103. The Bertz CT molecular complexity index is 462. The van der Waals surface area contributed by atoms with E-state index in [9.17, 15) is 9.90 Å². The van der Waals surface area contributed by atoms with Crippen LogP contribution >= 0.6 is 11.6 Å². The van der Waals surface area contributed by atoms with Crippen molar-refractivity contribution in [2.75, 3.05) is 6.61 Å². The number of carbonyl (C=O) groups is 1. The molecule has 2 rings (SSSR count). The van der Waals surface area contributed by atoms with Crippen LogP contribution in [-0.4, -0.2) is 27.7 Å². The first-order valence-electron chi connectivity index (χ1n) is 6.71. The molecule has 106 valence electrons. The smallest absolute Gasteiger partial charge is 0.268 e. The third-order valence-electron chi connectivity index (χ3n) is 4.12. The topological polar surface area (TPSA) is 54.3 Å². The molecule has 0 aliphatic heterocycles. The highest BCUT2D eigenvalue weighted by Crippen LogP contribution is 2.32. The Morgan fingerprint density at radius 3 is 2.68 bits per heavy atom. The van der Waals surface area contributed by atoms with E-state index in [1.54, 1.807) is 23.9 Å². The maximum absolute atomic E-state index is 12.3. The van der Waals surface area contributed by atoms with Gasteiger partial charge >= 0.3 is 0 Å². The predicted molar refractivity (Wildman–Crippen MR) is 75.3 cm³/mol. The summed E-state index contributed by atoms with van der Waals surface area (Å²) in [5.74, 6) is 0.499. The summed E-state index contributed by atoms with van der Waals surface area (Å²) in [5.41, 5.74) is 0.0526. The standard InChI is InChI=1S/C14H21ClN2O2/c1-10-3-5-14(9-18,6-4-10)16-13(19)12-7-11(15)8-17(12)2/h7-8,10,18H,3-6,9H2,1-2H3,(H,16,19). The number of aliphatic hydroxyl groups is 1. The molecule has 5 heteroatoms. The molecular formula is C14H21ClN2O2. The summed E-state index contributed by atoms with van der Waals surface area (Å²) >= 11 is 5.89. The molecule has 0 spiro atoms. The van der Waals surface area contributed by atoms with Crippen LogP contribution in [0.5, 0.6) is 0 Å². The Hall–Kier alpha value is -1.00. The molecule has 0 bridgehead atoms. The number of hydrogen-bond acceptors (Lipinski definition) is 2. The van der Waals surface area contributed by atoms with Crippen molar-refractivity contribution in [1.82, 2.24) is 9.88 Å². The van der Waals surface area contributed by atoms with Gasteiger partial charge < -0.3 is 15.0 Å². The SMILES string of the molecule is CC1CCC(CO)(NC(=O)c2cc(Cl)cn2C)CC1. The number of aryl methyl sites for hydroxylation is 1. The number of carbonyl (C=O) groups excluding carboxylic acids is 1. The van der Waals surface area contributed by atoms with Gasteiger partial charge in [0.2, 0.25) is 0 Å². The molecule has 19 heavy (non-hydrogen) atoms. The first-order valence-corrected chi connectivity index (χ1v) is 7.09. The summed E-state index contributed by atoms with van der Waals surface area (Å²) in [7, 11) is 1.79. The number of nitrogens with one attached hydrogen (secondary N) is 1. The van der Waals surface area contributed by atoms with Crippen molar-refractivity contribution in [3.05, 3.63) is 23.0 Å². The van der Waals surface area contributed by atoms with Crippen LogP contribution in [0.2, 0.25) is 5.02 Å². The van der Waals surface area contributed by atoms with E-state index in [2.05, 4.69) is 12.2 Å². The van der Waals surface area contributed by atoms with E-state index in [0.717, 1.165) is 25.7 Å². The van der Waals surface area contributed by atoms with Crippen molar-refractivity contribution in [1.29, 1.82) is 0 Å². The van der Waals surface area contributed by atoms with Crippen LogP contribution in [0.25, 0.3) is 0 Å². The highest BCUT2D eigenvalue weighted by molar-refractivity contribution is 6.31. The molecule has 1 heterocycles. The van der Waals surface area contributed by atoms with E-state index in [4.69, 9.17) is 11.6 Å². The highest BCUT2D eigenvalue weighted by Gasteiger charge is 2.35. The van der Waals surface area contributed by atoms with Gasteiger partial charge in [0.25, 0.3) is 5.91 Å². The average Bonchev–Trinajstić information content (AvgIpc) is 2.72. The van der Waals surface area contributed by atoms with E-state index in [0.29, 0.717) is 16.6 Å². The summed E-state index contributed by atoms with van der Waals surface area (Å²) < 4.78 is 1.70. The van der Waals surface area contributed by atoms with Crippen molar-refractivity contribution in [2.24, 2.45) is 13.0 Å². The van der Waals surface area contributed by atoms with Crippen LogP contribution in [0.1, 0.15) is 43.1 Å². The van der Waals surface area contributed by atoms with Crippen molar-refractivity contribution in [2.45, 2.75) is 38.1 Å². The number of hydrogen-bond donors (Lipinski definition) is 2. The molecule has 2 N–H and O–H groups in total. The van der Waals surface area contributed by atoms with Crippen molar-refractivity contribution >= 4 is 17.5 Å². The van der Waals surface area contributed by atoms with Crippen LogP contribution < -0.4 is 5.32 Å². The zero-order valence-corrected chi connectivity index (χ0v) is 12.2. The monoisotopic (exact) mass is 284 g/mol.